The maximum Gasteiger partial charge on any atom is 0.224 e. The summed E-state index contributed by atoms with van der Waals surface area (Å²) in [6.07, 6.45) is 4.36. The molecule has 0 radical (unpaired) electrons. The van der Waals surface area contributed by atoms with Crippen LogP contribution in [0.25, 0.3) is 0 Å². The Morgan fingerprint density at radius 2 is 1.86 bits per heavy atom. The van der Waals surface area contributed by atoms with E-state index in [1.54, 1.807) is 6.20 Å². The first-order valence-corrected chi connectivity index (χ1v) is 7.54. The maximum absolute atomic E-state index is 4.41. The summed E-state index contributed by atoms with van der Waals surface area (Å²) in [5.41, 5.74) is 2.34. The molecule has 3 rings (SSSR count). The molecule has 2 heterocycles. The Kier molecular flexibility index (Phi) is 4.19. The van der Waals surface area contributed by atoms with Crippen molar-refractivity contribution in [2.45, 2.75) is 19.8 Å². The van der Waals surface area contributed by atoms with E-state index in [2.05, 4.69) is 49.8 Å². The van der Waals surface area contributed by atoms with E-state index in [4.69, 9.17) is 0 Å². The molecule has 0 unspecified atom stereocenters. The summed E-state index contributed by atoms with van der Waals surface area (Å²) < 4.78 is 0. The van der Waals surface area contributed by atoms with E-state index in [9.17, 15) is 0 Å². The Labute approximate surface area is 125 Å². The highest BCUT2D eigenvalue weighted by Crippen LogP contribution is 2.23. The third kappa shape index (κ3) is 3.42. The van der Waals surface area contributed by atoms with Crippen molar-refractivity contribution in [1.82, 2.24) is 9.97 Å². The standard InChI is InChI=1S/C16H21N5/c1-2-17-16-18-10-9-15(20-16)19-13-5-7-14(8-6-13)21-11-3-4-12-21/h5-10H,2-4,11-12H2,1H3,(H2,17,18,19,20). The van der Waals surface area contributed by atoms with Gasteiger partial charge in [-0.3, -0.25) is 0 Å². The highest BCUT2D eigenvalue weighted by molar-refractivity contribution is 5.61. The van der Waals surface area contributed by atoms with E-state index in [0.717, 1.165) is 18.1 Å². The van der Waals surface area contributed by atoms with E-state index in [1.807, 2.05) is 13.0 Å². The first kappa shape index (κ1) is 13.7. The van der Waals surface area contributed by atoms with Gasteiger partial charge in [-0.15, -0.1) is 0 Å². The summed E-state index contributed by atoms with van der Waals surface area (Å²) in [6, 6.07) is 10.4. The third-order valence-electron chi connectivity index (χ3n) is 3.60. The van der Waals surface area contributed by atoms with Gasteiger partial charge in [-0.25, -0.2) is 4.98 Å². The first-order valence-electron chi connectivity index (χ1n) is 7.54. The van der Waals surface area contributed by atoms with Gasteiger partial charge in [-0.1, -0.05) is 0 Å². The van der Waals surface area contributed by atoms with Gasteiger partial charge in [0.1, 0.15) is 5.82 Å². The largest absolute Gasteiger partial charge is 0.372 e. The van der Waals surface area contributed by atoms with Gasteiger partial charge >= 0.3 is 0 Å². The van der Waals surface area contributed by atoms with Crippen LogP contribution in [0.2, 0.25) is 0 Å². The van der Waals surface area contributed by atoms with Crippen LogP contribution in [0, 0.1) is 0 Å². The Balaban J connectivity index is 1.68. The molecule has 5 heteroatoms. The fraction of sp³-hybridized carbons (Fsp3) is 0.375. The van der Waals surface area contributed by atoms with Crippen molar-refractivity contribution in [1.29, 1.82) is 0 Å². The Bertz CT molecular complexity index is 575. The van der Waals surface area contributed by atoms with Gasteiger partial charge in [-0.2, -0.15) is 4.98 Å². The number of nitrogens with zero attached hydrogens (tertiary/aromatic N) is 3. The molecule has 0 atom stereocenters. The van der Waals surface area contributed by atoms with E-state index >= 15 is 0 Å². The Morgan fingerprint density at radius 3 is 2.57 bits per heavy atom. The summed E-state index contributed by atoms with van der Waals surface area (Å²) in [5.74, 6) is 1.45. The number of aromatic nitrogens is 2. The lowest BCUT2D eigenvalue weighted by atomic mass is 10.2. The highest BCUT2D eigenvalue weighted by Gasteiger charge is 2.11. The lowest BCUT2D eigenvalue weighted by Gasteiger charge is -2.17. The third-order valence-corrected chi connectivity index (χ3v) is 3.60. The molecule has 2 N–H and O–H groups in total. The molecule has 2 aromatic rings. The summed E-state index contributed by atoms with van der Waals surface area (Å²) in [4.78, 5) is 11.0. The molecule has 0 bridgehead atoms. The molecule has 5 nitrogen and oxygen atoms in total. The monoisotopic (exact) mass is 283 g/mol. The molecular weight excluding hydrogens is 262 g/mol. The van der Waals surface area contributed by atoms with Crippen LogP contribution in [0.5, 0.6) is 0 Å². The van der Waals surface area contributed by atoms with Gasteiger partial charge in [0, 0.05) is 37.2 Å². The molecular formula is C16H21N5. The maximum atomic E-state index is 4.41. The summed E-state index contributed by atoms with van der Waals surface area (Å²) in [5, 5.41) is 6.42. The van der Waals surface area contributed by atoms with Gasteiger partial charge < -0.3 is 15.5 Å². The van der Waals surface area contributed by atoms with Crippen LogP contribution in [-0.2, 0) is 0 Å². The molecule has 110 valence electrons. The smallest absolute Gasteiger partial charge is 0.224 e. The van der Waals surface area contributed by atoms with Crippen LogP contribution in [-0.4, -0.2) is 29.6 Å². The summed E-state index contributed by atoms with van der Waals surface area (Å²) in [6.45, 7) is 5.18. The van der Waals surface area contributed by atoms with E-state index < -0.39 is 0 Å². The predicted molar refractivity (Wildman–Crippen MR) is 87.4 cm³/mol. The number of nitrogens with one attached hydrogen (secondary N) is 2. The van der Waals surface area contributed by atoms with Crippen LogP contribution in [0.3, 0.4) is 0 Å². The van der Waals surface area contributed by atoms with Gasteiger partial charge in [0.2, 0.25) is 5.95 Å². The molecule has 1 aliphatic rings. The molecule has 0 amide bonds. The van der Waals surface area contributed by atoms with E-state index in [0.29, 0.717) is 5.95 Å². The number of hydrogen-bond donors (Lipinski definition) is 2. The summed E-state index contributed by atoms with van der Waals surface area (Å²) in [7, 11) is 0. The zero-order valence-electron chi connectivity index (χ0n) is 12.3. The quantitative estimate of drug-likeness (QED) is 0.882. The summed E-state index contributed by atoms with van der Waals surface area (Å²) >= 11 is 0. The highest BCUT2D eigenvalue weighted by atomic mass is 15.1. The second-order valence-electron chi connectivity index (χ2n) is 5.16. The molecule has 1 aliphatic heterocycles. The topological polar surface area (TPSA) is 53.1 Å². The van der Waals surface area contributed by atoms with Gasteiger partial charge in [0.05, 0.1) is 0 Å². The molecule has 1 aromatic carbocycles. The second-order valence-corrected chi connectivity index (χ2v) is 5.16. The number of rotatable bonds is 5. The first-order chi connectivity index (χ1) is 10.3. The second kappa shape index (κ2) is 6.43. The minimum atomic E-state index is 0.649. The van der Waals surface area contributed by atoms with Crippen LogP contribution < -0.4 is 15.5 Å². The molecule has 0 aliphatic carbocycles. The van der Waals surface area contributed by atoms with Gasteiger partial charge in [0.25, 0.3) is 0 Å². The van der Waals surface area contributed by atoms with Crippen LogP contribution in [0.4, 0.5) is 23.1 Å². The molecule has 0 saturated carbocycles. The lowest BCUT2D eigenvalue weighted by molar-refractivity contribution is 0.949. The van der Waals surface area contributed by atoms with Crippen molar-refractivity contribution in [3.05, 3.63) is 36.5 Å². The minimum Gasteiger partial charge on any atom is -0.372 e. The van der Waals surface area contributed by atoms with Crippen LogP contribution in [0.1, 0.15) is 19.8 Å². The van der Waals surface area contributed by atoms with Crippen LogP contribution in [0.15, 0.2) is 36.5 Å². The molecule has 1 saturated heterocycles. The number of benzene rings is 1. The van der Waals surface area contributed by atoms with Gasteiger partial charge in [0.15, 0.2) is 0 Å². The number of hydrogen-bond acceptors (Lipinski definition) is 5. The van der Waals surface area contributed by atoms with Crippen molar-refractivity contribution in [3.63, 3.8) is 0 Å². The Hall–Kier alpha value is -2.30. The molecule has 1 fully saturated rings. The van der Waals surface area contributed by atoms with Crippen molar-refractivity contribution >= 4 is 23.1 Å². The van der Waals surface area contributed by atoms with E-state index in [1.165, 1.54) is 31.6 Å². The number of anilines is 4. The van der Waals surface area contributed by atoms with Crippen molar-refractivity contribution in [2.75, 3.05) is 35.2 Å². The average molecular weight is 283 g/mol. The molecule has 0 spiro atoms. The Morgan fingerprint density at radius 1 is 1.10 bits per heavy atom. The predicted octanol–water partition coefficient (Wildman–Crippen LogP) is 3.25. The SMILES string of the molecule is CCNc1nccc(Nc2ccc(N3CCCC3)cc2)n1. The van der Waals surface area contributed by atoms with E-state index in [-0.39, 0.29) is 0 Å². The lowest BCUT2D eigenvalue weighted by Crippen LogP contribution is -2.17. The average Bonchev–Trinajstić information content (AvgIpc) is 3.03. The van der Waals surface area contributed by atoms with Gasteiger partial charge in [-0.05, 0) is 50.1 Å². The van der Waals surface area contributed by atoms with Crippen LogP contribution >= 0.6 is 0 Å². The molecule has 21 heavy (non-hydrogen) atoms. The fourth-order valence-corrected chi connectivity index (χ4v) is 2.55. The molecule has 1 aromatic heterocycles. The van der Waals surface area contributed by atoms with Crippen molar-refractivity contribution in [2.24, 2.45) is 0 Å². The zero-order chi connectivity index (χ0) is 14.5. The normalized spacial score (nSPS) is 14.2. The zero-order valence-corrected chi connectivity index (χ0v) is 12.3. The minimum absolute atomic E-state index is 0.649. The van der Waals surface area contributed by atoms with Crippen molar-refractivity contribution in [3.8, 4) is 0 Å². The van der Waals surface area contributed by atoms with Crippen molar-refractivity contribution < 1.29 is 0 Å². The fourth-order valence-electron chi connectivity index (χ4n) is 2.55.